The molecule has 0 aliphatic heterocycles. The number of aryl methyl sites for hydroxylation is 1. The number of nitrogens with zero attached hydrogens (tertiary/aromatic N) is 1. The van der Waals surface area contributed by atoms with Crippen molar-refractivity contribution in [3.05, 3.63) is 66.6 Å². The second-order valence-corrected chi connectivity index (χ2v) is 5.08. The first-order chi connectivity index (χ1) is 11.2. The molecule has 3 rings (SSSR count). The molecule has 0 atom stereocenters. The number of pyridine rings is 1. The Labute approximate surface area is 133 Å². The normalized spacial score (nSPS) is 10.5. The monoisotopic (exact) mass is 308 g/mol. The molecular formula is C18H16N2O3. The summed E-state index contributed by atoms with van der Waals surface area (Å²) >= 11 is 0. The lowest BCUT2D eigenvalue weighted by atomic mass is 10.1. The van der Waals surface area contributed by atoms with Crippen LogP contribution in [0.3, 0.4) is 0 Å². The van der Waals surface area contributed by atoms with E-state index in [1.54, 1.807) is 42.8 Å². The Hall–Kier alpha value is -3.08. The number of fused-ring (bicyclic) bond motifs is 1. The zero-order valence-corrected chi connectivity index (χ0v) is 12.7. The summed E-state index contributed by atoms with van der Waals surface area (Å²) in [5.74, 6) is 0.801. The minimum atomic E-state index is -0.275. The predicted molar refractivity (Wildman–Crippen MR) is 88.8 cm³/mol. The van der Waals surface area contributed by atoms with Crippen LogP contribution < -0.4 is 10.1 Å². The van der Waals surface area contributed by atoms with Gasteiger partial charge in [0.1, 0.15) is 23.8 Å². The molecule has 23 heavy (non-hydrogen) atoms. The number of amides is 1. The number of carbonyl (C=O) groups excluding carboxylic acids is 1. The molecule has 0 aliphatic carbocycles. The van der Waals surface area contributed by atoms with Gasteiger partial charge >= 0.3 is 0 Å². The van der Waals surface area contributed by atoms with Crippen LogP contribution in [0.4, 0.5) is 5.82 Å². The molecule has 2 aromatic heterocycles. The number of anilines is 1. The van der Waals surface area contributed by atoms with E-state index in [1.807, 2.05) is 13.0 Å². The number of hydrogen-bond acceptors (Lipinski definition) is 4. The Morgan fingerprint density at radius 1 is 1.39 bits per heavy atom. The van der Waals surface area contributed by atoms with Crippen LogP contribution in [0.25, 0.3) is 11.0 Å². The van der Waals surface area contributed by atoms with Gasteiger partial charge < -0.3 is 14.5 Å². The van der Waals surface area contributed by atoms with Crippen molar-refractivity contribution < 1.29 is 13.9 Å². The predicted octanol–water partition coefficient (Wildman–Crippen LogP) is 3.95. The van der Waals surface area contributed by atoms with Crippen LogP contribution >= 0.6 is 0 Å². The van der Waals surface area contributed by atoms with Gasteiger partial charge in [-0.3, -0.25) is 4.79 Å². The van der Waals surface area contributed by atoms with E-state index in [1.165, 1.54) is 0 Å². The van der Waals surface area contributed by atoms with Crippen molar-refractivity contribution in [3.8, 4) is 5.75 Å². The van der Waals surface area contributed by atoms with Crippen molar-refractivity contribution in [1.29, 1.82) is 0 Å². The fraction of sp³-hybridized carbons (Fsp3) is 0.111. The highest BCUT2D eigenvalue weighted by Crippen LogP contribution is 2.29. The van der Waals surface area contributed by atoms with Crippen LogP contribution in [-0.4, -0.2) is 17.5 Å². The minimum absolute atomic E-state index is 0.275. The quantitative estimate of drug-likeness (QED) is 0.725. The molecule has 0 bridgehead atoms. The maximum absolute atomic E-state index is 12.4. The summed E-state index contributed by atoms with van der Waals surface area (Å²) in [4.78, 5) is 16.6. The van der Waals surface area contributed by atoms with Gasteiger partial charge in [-0.25, -0.2) is 4.98 Å². The lowest BCUT2D eigenvalue weighted by Gasteiger charge is -2.08. The fourth-order valence-corrected chi connectivity index (χ4v) is 2.17. The molecule has 0 fully saturated rings. The molecule has 0 radical (unpaired) electrons. The Morgan fingerprint density at radius 3 is 3.00 bits per heavy atom. The van der Waals surface area contributed by atoms with Gasteiger partial charge in [-0.05, 0) is 36.8 Å². The summed E-state index contributed by atoms with van der Waals surface area (Å²) < 4.78 is 11.0. The topological polar surface area (TPSA) is 64.4 Å². The van der Waals surface area contributed by atoms with Gasteiger partial charge in [0.25, 0.3) is 5.91 Å². The van der Waals surface area contributed by atoms with E-state index in [9.17, 15) is 4.79 Å². The van der Waals surface area contributed by atoms with Crippen molar-refractivity contribution in [2.45, 2.75) is 6.92 Å². The van der Waals surface area contributed by atoms with E-state index in [2.05, 4.69) is 16.9 Å². The van der Waals surface area contributed by atoms with Crippen LogP contribution in [-0.2, 0) is 0 Å². The number of ether oxygens (including phenoxy) is 1. The first kappa shape index (κ1) is 14.8. The number of aromatic nitrogens is 1. The van der Waals surface area contributed by atoms with Crippen LogP contribution in [0.15, 0.2) is 59.9 Å². The van der Waals surface area contributed by atoms with Crippen LogP contribution in [0.1, 0.15) is 15.9 Å². The minimum Gasteiger partial charge on any atom is -0.489 e. The van der Waals surface area contributed by atoms with Gasteiger partial charge in [0.05, 0.1) is 11.6 Å². The van der Waals surface area contributed by atoms with E-state index >= 15 is 0 Å². The van der Waals surface area contributed by atoms with Gasteiger partial charge in [-0.1, -0.05) is 18.7 Å². The molecule has 0 saturated heterocycles. The summed E-state index contributed by atoms with van der Waals surface area (Å²) in [6.07, 6.45) is 4.91. The molecule has 1 N–H and O–H groups in total. The SMILES string of the molecule is C=CCOc1cc(C(=O)Nc2ccc(C)cn2)cc2occc12. The summed E-state index contributed by atoms with van der Waals surface area (Å²) in [7, 11) is 0. The Kier molecular flexibility index (Phi) is 4.10. The van der Waals surface area contributed by atoms with Gasteiger partial charge in [-0.15, -0.1) is 0 Å². The summed E-state index contributed by atoms with van der Waals surface area (Å²) in [5.41, 5.74) is 2.06. The van der Waals surface area contributed by atoms with Crippen LogP contribution in [0.5, 0.6) is 5.75 Å². The third kappa shape index (κ3) is 3.23. The third-order valence-electron chi connectivity index (χ3n) is 3.31. The first-order valence-corrected chi connectivity index (χ1v) is 7.16. The van der Waals surface area contributed by atoms with Gasteiger partial charge in [-0.2, -0.15) is 0 Å². The number of carbonyl (C=O) groups is 1. The number of rotatable bonds is 5. The maximum atomic E-state index is 12.4. The van der Waals surface area contributed by atoms with Gasteiger partial charge in [0.2, 0.25) is 0 Å². The number of furan rings is 1. The Morgan fingerprint density at radius 2 is 2.26 bits per heavy atom. The molecular weight excluding hydrogens is 292 g/mol. The summed E-state index contributed by atoms with van der Waals surface area (Å²) in [6.45, 7) is 5.92. The van der Waals surface area contributed by atoms with E-state index in [-0.39, 0.29) is 5.91 Å². The highest BCUT2D eigenvalue weighted by molar-refractivity contribution is 6.06. The average Bonchev–Trinajstić information content (AvgIpc) is 3.03. The molecule has 2 heterocycles. The van der Waals surface area contributed by atoms with Crippen molar-refractivity contribution in [3.63, 3.8) is 0 Å². The first-order valence-electron chi connectivity index (χ1n) is 7.16. The largest absolute Gasteiger partial charge is 0.489 e. The standard InChI is InChI=1S/C18H16N2O3/c1-3-7-22-15-9-13(10-16-14(15)6-8-23-16)18(21)20-17-5-4-12(2)11-19-17/h3-6,8-11H,1,7H2,2H3,(H,19,20,21). The van der Waals surface area contributed by atoms with E-state index in [4.69, 9.17) is 9.15 Å². The molecule has 5 heteroatoms. The Bertz CT molecular complexity index is 850. The van der Waals surface area contributed by atoms with E-state index in [0.29, 0.717) is 29.3 Å². The second kappa shape index (κ2) is 6.36. The van der Waals surface area contributed by atoms with Crippen molar-refractivity contribution in [2.75, 3.05) is 11.9 Å². The maximum Gasteiger partial charge on any atom is 0.257 e. The van der Waals surface area contributed by atoms with Crippen molar-refractivity contribution >= 4 is 22.7 Å². The summed E-state index contributed by atoms with van der Waals surface area (Å²) in [5, 5.41) is 3.57. The zero-order chi connectivity index (χ0) is 16.2. The second-order valence-electron chi connectivity index (χ2n) is 5.08. The van der Waals surface area contributed by atoms with Crippen LogP contribution in [0, 0.1) is 6.92 Å². The molecule has 1 aromatic carbocycles. The van der Waals surface area contributed by atoms with Gasteiger partial charge in [0, 0.05) is 11.8 Å². The van der Waals surface area contributed by atoms with Gasteiger partial charge in [0.15, 0.2) is 0 Å². The molecule has 0 saturated carbocycles. The Balaban J connectivity index is 1.90. The average molecular weight is 308 g/mol. The lowest BCUT2D eigenvalue weighted by Crippen LogP contribution is -2.13. The number of hydrogen-bond donors (Lipinski definition) is 1. The number of nitrogens with one attached hydrogen (secondary N) is 1. The zero-order valence-electron chi connectivity index (χ0n) is 12.7. The molecule has 116 valence electrons. The van der Waals surface area contributed by atoms with E-state index in [0.717, 1.165) is 10.9 Å². The molecule has 5 nitrogen and oxygen atoms in total. The van der Waals surface area contributed by atoms with Crippen LogP contribution in [0.2, 0.25) is 0 Å². The lowest BCUT2D eigenvalue weighted by molar-refractivity contribution is 0.102. The molecule has 1 amide bonds. The van der Waals surface area contributed by atoms with E-state index < -0.39 is 0 Å². The van der Waals surface area contributed by atoms with Crippen molar-refractivity contribution in [1.82, 2.24) is 4.98 Å². The smallest absolute Gasteiger partial charge is 0.257 e. The molecule has 0 spiro atoms. The molecule has 0 unspecified atom stereocenters. The number of benzene rings is 1. The highest BCUT2D eigenvalue weighted by Gasteiger charge is 2.13. The highest BCUT2D eigenvalue weighted by atomic mass is 16.5. The van der Waals surface area contributed by atoms with Crippen molar-refractivity contribution in [2.24, 2.45) is 0 Å². The molecule has 0 aliphatic rings. The molecule has 3 aromatic rings. The fourth-order valence-electron chi connectivity index (χ4n) is 2.17. The summed E-state index contributed by atoms with van der Waals surface area (Å²) in [6, 6.07) is 8.81. The third-order valence-corrected chi connectivity index (χ3v) is 3.31.